The van der Waals surface area contributed by atoms with Crippen LogP contribution in [-0.4, -0.2) is 35.3 Å². The molecule has 0 aliphatic carbocycles. The van der Waals surface area contributed by atoms with E-state index in [0.29, 0.717) is 18.9 Å². The number of aliphatic hydroxyl groups is 1. The first-order valence-electron chi connectivity index (χ1n) is 5.09. The maximum Gasteiger partial charge on any atom is 0.417 e. The van der Waals surface area contributed by atoms with Crippen molar-refractivity contribution in [2.24, 2.45) is 0 Å². The number of pyridine rings is 1. The van der Waals surface area contributed by atoms with Crippen LogP contribution in [0.5, 0.6) is 0 Å². The number of anilines is 1. The molecular formula is C10H12F3N3O. The molecule has 0 aromatic carbocycles. The van der Waals surface area contributed by atoms with Gasteiger partial charge in [-0.15, -0.1) is 0 Å². The Labute approximate surface area is 95.9 Å². The summed E-state index contributed by atoms with van der Waals surface area (Å²) in [4.78, 5) is 3.64. The fraction of sp³-hybridized carbons (Fsp3) is 0.500. The Kier molecular flexibility index (Phi) is 2.96. The van der Waals surface area contributed by atoms with Gasteiger partial charge in [0.15, 0.2) is 0 Å². The van der Waals surface area contributed by atoms with Crippen LogP contribution in [0, 0.1) is 0 Å². The quantitative estimate of drug-likeness (QED) is 0.741. The highest BCUT2D eigenvalue weighted by molar-refractivity contribution is 5.36. The summed E-state index contributed by atoms with van der Waals surface area (Å²) >= 11 is 0. The summed E-state index contributed by atoms with van der Waals surface area (Å²) in [5.41, 5.74) is -1.61. The minimum atomic E-state index is -4.37. The lowest BCUT2D eigenvalue weighted by Gasteiger charge is -2.37. The van der Waals surface area contributed by atoms with Crippen LogP contribution in [0.2, 0.25) is 0 Å². The summed E-state index contributed by atoms with van der Waals surface area (Å²) < 4.78 is 36.7. The molecule has 0 unspecified atom stereocenters. The number of aromatic nitrogens is 1. The lowest BCUT2D eigenvalue weighted by molar-refractivity contribution is -0.137. The van der Waals surface area contributed by atoms with E-state index in [2.05, 4.69) is 15.6 Å². The third kappa shape index (κ3) is 2.86. The van der Waals surface area contributed by atoms with Crippen LogP contribution >= 0.6 is 0 Å². The van der Waals surface area contributed by atoms with Crippen molar-refractivity contribution in [3.63, 3.8) is 0 Å². The standard InChI is InChI=1S/C10H12F3N3O/c11-10(12,13)7-1-2-8(15-3-7)16-6-9(17)4-14-5-9/h1-3,14,17H,4-6H2,(H,15,16). The molecule has 17 heavy (non-hydrogen) atoms. The molecule has 1 saturated heterocycles. The van der Waals surface area contributed by atoms with Gasteiger partial charge in [-0.2, -0.15) is 13.2 Å². The number of nitrogens with one attached hydrogen (secondary N) is 2. The topological polar surface area (TPSA) is 57.2 Å². The summed E-state index contributed by atoms with van der Waals surface area (Å²) in [5.74, 6) is 0.318. The summed E-state index contributed by atoms with van der Waals surface area (Å²) in [5, 5.41) is 15.4. The smallest absolute Gasteiger partial charge is 0.385 e. The van der Waals surface area contributed by atoms with Crippen LogP contribution < -0.4 is 10.6 Å². The van der Waals surface area contributed by atoms with Gasteiger partial charge in [-0.1, -0.05) is 0 Å². The Bertz CT molecular complexity index is 387. The van der Waals surface area contributed by atoms with Crippen LogP contribution in [0.15, 0.2) is 18.3 Å². The van der Waals surface area contributed by atoms with E-state index in [4.69, 9.17) is 0 Å². The first-order chi connectivity index (χ1) is 7.89. The number of nitrogens with zero attached hydrogens (tertiary/aromatic N) is 1. The van der Waals surface area contributed by atoms with Gasteiger partial charge in [0, 0.05) is 25.8 Å². The molecule has 0 spiro atoms. The molecule has 7 heteroatoms. The minimum Gasteiger partial charge on any atom is -0.385 e. The number of β-amino-alcohol motifs (C(OH)–C–C–N with tert-alkyl or cyclic N) is 1. The number of hydrogen-bond acceptors (Lipinski definition) is 4. The monoisotopic (exact) mass is 247 g/mol. The van der Waals surface area contributed by atoms with Crippen molar-refractivity contribution >= 4 is 5.82 Å². The Morgan fingerprint density at radius 3 is 2.53 bits per heavy atom. The summed E-state index contributed by atoms with van der Waals surface area (Å²) in [7, 11) is 0. The third-order valence-corrected chi connectivity index (χ3v) is 2.60. The summed E-state index contributed by atoms with van der Waals surface area (Å²) in [6.07, 6.45) is -3.60. The van der Waals surface area contributed by atoms with Gasteiger partial charge in [-0.05, 0) is 12.1 Å². The molecule has 1 fully saturated rings. The van der Waals surface area contributed by atoms with Crippen LogP contribution in [0.25, 0.3) is 0 Å². The number of hydrogen-bond donors (Lipinski definition) is 3. The molecule has 0 bridgehead atoms. The Hall–Kier alpha value is -1.34. The highest BCUT2D eigenvalue weighted by Crippen LogP contribution is 2.28. The van der Waals surface area contributed by atoms with E-state index in [1.165, 1.54) is 6.07 Å². The van der Waals surface area contributed by atoms with Crippen LogP contribution in [0.4, 0.5) is 19.0 Å². The van der Waals surface area contributed by atoms with E-state index in [-0.39, 0.29) is 6.54 Å². The van der Waals surface area contributed by atoms with Crippen molar-refractivity contribution in [1.29, 1.82) is 0 Å². The van der Waals surface area contributed by atoms with Gasteiger partial charge in [-0.3, -0.25) is 0 Å². The lowest BCUT2D eigenvalue weighted by atomic mass is 9.97. The fourth-order valence-electron chi connectivity index (χ4n) is 1.46. The van der Waals surface area contributed by atoms with E-state index >= 15 is 0 Å². The van der Waals surface area contributed by atoms with E-state index in [0.717, 1.165) is 12.3 Å². The van der Waals surface area contributed by atoms with Gasteiger partial charge in [0.1, 0.15) is 11.4 Å². The van der Waals surface area contributed by atoms with Crippen LogP contribution in [-0.2, 0) is 6.18 Å². The molecule has 0 atom stereocenters. The van der Waals surface area contributed by atoms with E-state index in [1.807, 2.05) is 0 Å². The van der Waals surface area contributed by atoms with Crippen LogP contribution in [0.1, 0.15) is 5.56 Å². The van der Waals surface area contributed by atoms with Crippen LogP contribution in [0.3, 0.4) is 0 Å². The molecule has 1 aliphatic rings. The maximum absolute atomic E-state index is 12.2. The first kappa shape index (κ1) is 12.1. The molecule has 2 rings (SSSR count). The second-order valence-corrected chi connectivity index (χ2v) is 4.11. The maximum atomic E-state index is 12.2. The molecule has 4 nitrogen and oxygen atoms in total. The zero-order chi connectivity index (χ0) is 12.5. The largest absolute Gasteiger partial charge is 0.417 e. The van der Waals surface area contributed by atoms with Gasteiger partial charge in [0.2, 0.25) is 0 Å². The highest BCUT2D eigenvalue weighted by Gasteiger charge is 2.34. The zero-order valence-corrected chi connectivity index (χ0v) is 8.88. The first-order valence-corrected chi connectivity index (χ1v) is 5.09. The molecule has 0 amide bonds. The third-order valence-electron chi connectivity index (χ3n) is 2.60. The van der Waals surface area contributed by atoms with Crippen molar-refractivity contribution in [3.8, 4) is 0 Å². The Balaban J connectivity index is 1.94. The van der Waals surface area contributed by atoms with Crippen molar-refractivity contribution in [1.82, 2.24) is 10.3 Å². The minimum absolute atomic E-state index is 0.262. The second kappa shape index (κ2) is 4.15. The van der Waals surface area contributed by atoms with Gasteiger partial charge >= 0.3 is 6.18 Å². The number of alkyl halides is 3. The molecule has 3 N–H and O–H groups in total. The van der Waals surface area contributed by atoms with Crippen molar-refractivity contribution in [2.75, 3.05) is 25.0 Å². The van der Waals surface area contributed by atoms with E-state index in [1.54, 1.807) is 0 Å². The summed E-state index contributed by atoms with van der Waals surface area (Å²) in [6.45, 7) is 1.21. The predicted octanol–water partition coefficient (Wildman–Crippen LogP) is 0.847. The molecule has 0 radical (unpaired) electrons. The number of rotatable bonds is 3. The molecule has 2 heterocycles. The molecule has 1 aliphatic heterocycles. The van der Waals surface area contributed by atoms with Gasteiger partial charge < -0.3 is 15.7 Å². The van der Waals surface area contributed by atoms with Gasteiger partial charge in [0.25, 0.3) is 0 Å². The fourth-order valence-corrected chi connectivity index (χ4v) is 1.46. The van der Waals surface area contributed by atoms with Crippen molar-refractivity contribution < 1.29 is 18.3 Å². The molecule has 94 valence electrons. The molecule has 0 saturated carbocycles. The molecule has 1 aromatic rings. The molecule has 1 aromatic heterocycles. The molecular weight excluding hydrogens is 235 g/mol. The van der Waals surface area contributed by atoms with E-state index in [9.17, 15) is 18.3 Å². The van der Waals surface area contributed by atoms with Gasteiger partial charge in [0.05, 0.1) is 5.56 Å². The predicted molar refractivity (Wildman–Crippen MR) is 55.5 cm³/mol. The average molecular weight is 247 g/mol. The van der Waals surface area contributed by atoms with Crippen molar-refractivity contribution in [3.05, 3.63) is 23.9 Å². The highest BCUT2D eigenvalue weighted by atomic mass is 19.4. The van der Waals surface area contributed by atoms with Crippen molar-refractivity contribution in [2.45, 2.75) is 11.8 Å². The zero-order valence-electron chi connectivity index (χ0n) is 8.88. The lowest BCUT2D eigenvalue weighted by Crippen LogP contribution is -2.63. The Morgan fingerprint density at radius 2 is 2.12 bits per heavy atom. The second-order valence-electron chi connectivity index (χ2n) is 4.11. The SMILES string of the molecule is OC1(CNc2ccc(C(F)(F)F)cn2)CNC1. The Morgan fingerprint density at radius 1 is 1.41 bits per heavy atom. The average Bonchev–Trinajstić information content (AvgIpc) is 2.23. The van der Waals surface area contributed by atoms with E-state index < -0.39 is 17.3 Å². The normalized spacial score (nSPS) is 18.6. The summed E-state index contributed by atoms with van der Waals surface area (Å²) in [6, 6.07) is 2.21. The number of halogens is 3. The van der Waals surface area contributed by atoms with Gasteiger partial charge in [-0.25, -0.2) is 4.98 Å².